The Bertz CT molecular complexity index is 1310. The van der Waals surface area contributed by atoms with Gasteiger partial charge in [-0.05, 0) is 79.9 Å². The lowest BCUT2D eigenvalue weighted by atomic mass is 10.1. The maximum Gasteiger partial charge on any atom is 0.412 e. The molecule has 0 saturated heterocycles. The number of benzene rings is 2. The molecule has 3 aromatic rings. The van der Waals surface area contributed by atoms with Crippen LogP contribution in [0, 0.1) is 5.92 Å². The Morgan fingerprint density at radius 3 is 2.08 bits per heavy atom. The van der Waals surface area contributed by atoms with Crippen LogP contribution in [0.25, 0.3) is 11.1 Å². The molecular weight excluding hydrogens is 524 g/mol. The molecule has 1 unspecified atom stereocenters. The highest BCUT2D eigenvalue weighted by atomic mass is 32.2. The van der Waals surface area contributed by atoms with E-state index in [1.807, 2.05) is 17.5 Å². The number of sulfonamides is 1. The van der Waals surface area contributed by atoms with Crippen molar-refractivity contribution in [3.63, 3.8) is 0 Å². The zero-order valence-corrected chi connectivity index (χ0v) is 23.8. The number of carbonyl (C=O) groups excluding carboxylic acids is 2. The van der Waals surface area contributed by atoms with Gasteiger partial charge in [0, 0.05) is 11.4 Å². The van der Waals surface area contributed by atoms with Crippen molar-refractivity contribution in [3.05, 3.63) is 70.9 Å². The average molecular weight is 559 g/mol. The van der Waals surface area contributed by atoms with Gasteiger partial charge in [-0.1, -0.05) is 44.2 Å². The van der Waals surface area contributed by atoms with Crippen LogP contribution in [0.15, 0.2) is 70.9 Å². The predicted molar refractivity (Wildman–Crippen MR) is 149 cm³/mol. The number of nitrogens with one attached hydrogen (secondary N) is 2. The Morgan fingerprint density at radius 1 is 0.947 bits per heavy atom. The smallest absolute Gasteiger partial charge is 0.412 e. The van der Waals surface area contributed by atoms with Crippen molar-refractivity contribution in [2.24, 2.45) is 5.92 Å². The third-order valence-corrected chi connectivity index (χ3v) is 7.79. The van der Waals surface area contributed by atoms with Crippen LogP contribution in [-0.4, -0.2) is 38.7 Å². The third kappa shape index (κ3) is 8.68. The minimum absolute atomic E-state index is 0.0367. The number of thiophene rings is 1. The van der Waals surface area contributed by atoms with Gasteiger partial charge in [0.25, 0.3) is 0 Å². The van der Waals surface area contributed by atoms with Crippen molar-refractivity contribution in [1.29, 1.82) is 0 Å². The van der Waals surface area contributed by atoms with Crippen molar-refractivity contribution in [3.8, 4) is 16.9 Å². The zero-order chi connectivity index (χ0) is 27.9. The molecule has 1 aromatic heterocycles. The number of rotatable bonds is 10. The first-order valence-electron chi connectivity index (χ1n) is 12.3. The molecule has 0 saturated carbocycles. The largest absolute Gasteiger partial charge is 0.459 e. The summed E-state index contributed by atoms with van der Waals surface area (Å²) in [6.07, 6.45) is 0.217. The van der Waals surface area contributed by atoms with E-state index < -0.39 is 33.7 Å². The predicted octanol–water partition coefficient (Wildman–Crippen LogP) is 5.39. The molecule has 0 aliphatic heterocycles. The van der Waals surface area contributed by atoms with Crippen molar-refractivity contribution in [2.75, 3.05) is 6.54 Å². The van der Waals surface area contributed by atoms with Gasteiger partial charge < -0.3 is 14.8 Å². The van der Waals surface area contributed by atoms with Crippen molar-refractivity contribution >= 4 is 33.4 Å². The number of esters is 1. The van der Waals surface area contributed by atoms with Crippen LogP contribution in [0.1, 0.15) is 39.5 Å². The van der Waals surface area contributed by atoms with Crippen LogP contribution in [0.4, 0.5) is 4.79 Å². The molecular formula is C28H34N2O6S2. The first kappa shape index (κ1) is 29.3. The SMILES string of the molecule is CC(C)C(NS(=O)(=O)c1ccc(-c2ccc(OC(=O)NCCc3cccs3)cc2)cc1)C(=O)OC(C)(C)C. The van der Waals surface area contributed by atoms with E-state index in [1.54, 1.807) is 82.4 Å². The van der Waals surface area contributed by atoms with Crippen LogP contribution >= 0.6 is 11.3 Å². The van der Waals surface area contributed by atoms with E-state index in [9.17, 15) is 18.0 Å². The van der Waals surface area contributed by atoms with Crippen LogP contribution < -0.4 is 14.8 Å². The highest BCUT2D eigenvalue weighted by Crippen LogP contribution is 2.24. The maximum absolute atomic E-state index is 13.0. The molecule has 2 aromatic carbocycles. The van der Waals surface area contributed by atoms with Gasteiger partial charge in [0.1, 0.15) is 17.4 Å². The summed E-state index contributed by atoms with van der Waals surface area (Å²) >= 11 is 1.64. The summed E-state index contributed by atoms with van der Waals surface area (Å²) in [5.41, 5.74) is 0.871. The quantitative estimate of drug-likeness (QED) is 0.323. The minimum Gasteiger partial charge on any atom is -0.459 e. The van der Waals surface area contributed by atoms with Gasteiger partial charge in [-0.3, -0.25) is 4.79 Å². The summed E-state index contributed by atoms with van der Waals surface area (Å²) in [6, 6.07) is 16.2. The monoisotopic (exact) mass is 558 g/mol. The summed E-state index contributed by atoms with van der Waals surface area (Å²) < 4.78 is 39.2. The molecule has 3 rings (SSSR count). The molecule has 0 spiro atoms. The van der Waals surface area contributed by atoms with Gasteiger partial charge >= 0.3 is 12.1 Å². The molecule has 0 aliphatic rings. The Morgan fingerprint density at radius 2 is 1.55 bits per heavy atom. The second-order valence-electron chi connectivity index (χ2n) is 10.1. The lowest BCUT2D eigenvalue weighted by molar-refractivity contribution is -0.158. The molecule has 0 aliphatic carbocycles. The molecule has 10 heteroatoms. The third-order valence-electron chi connectivity index (χ3n) is 5.39. The molecule has 1 amide bonds. The van der Waals surface area contributed by atoms with Crippen LogP contribution in [0.2, 0.25) is 0 Å². The summed E-state index contributed by atoms with van der Waals surface area (Å²) in [7, 11) is -3.96. The van der Waals surface area contributed by atoms with E-state index in [0.29, 0.717) is 12.3 Å². The maximum atomic E-state index is 13.0. The van der Waals surface area contributed by atoms with Crippen molar-refractivity contribution in [2.45, 2.75) is 57.6 Å². The molecule has 0 radical (unpaired) electrons. The number of hydrogen-bond acceptors (Lipinski definition) is 7. The fraction of sp³-hybridized carbons (Fsp3) is 0.357. The van der Waals surface area contributed by atoms with E-state index >= 15 is 0 Å². The van der Waals surface area contributed by atoms with Gasteiger partial charge in [-0.15, -0.1) is 11.3 Å². The van der Waals surface area contributed by atoms with Gasteiger partial charge in [0.15, 0.2) is 0 Å². The first-order valence-corrected chi connectivity index (χ1v) is 14.6. The van der Waals surface area contributed by atoms with Gasteiger partial charge in [0.05, 0.1) is 4.90 Å². The second kappa shape index (κ2) is 12.6. The molecule has 204 valence electrons. The highest BCUT2D eigenvalue weighted by molar-refractivity contribution is 7.89. The zero-order valence-electron chi connectivity index (χ0n) is 22.2. The number of amides is 1. The van der Waals surface area contributed by atoms with Crippen molar-refractivity contribution < 1.29 is 27.5 Å². The van der Waals surface area contributed by atoms with E-state index in [0.717, 1.165) is 17.5 Å². The van der Waals surface area contributed by atoms with E-state index in [2.05, 4.69) is 10.0 Å². The van der Waals surface area contributed by atoms with Crippen LogP contribution in [0.3, 0.4) is 0 Å². The number of carbonyl (C=O) groups is 2. The minimum atomic E-state index is -3.96. The average Bonchev–Trinajstić information content (AvgIpc) is 3.35. The topological polar surface area (TPSA) is 111 Å². The normalized spacial score (nSPS) is 12.7. The van der Waals surface area contributed by atoms with Crippen molar-refractivity contribution in [1.82, 2.24) is 10.0 Å². The molecule has 1 heterocycles. The van der Waals surface area contributed by atoms with E-state index in [-0.39, 0.29) is 10.8 Å². The van der Waals surface area contributed by atoms with Gasteiger partial charge in [0.2, 0.25) is 10.0 Å². The number of ether oxygens (including phenoxy) is 2. The summed E-state index contributed by atoms with van der Waals surface area (Å²) in [6.45, 7) is 9.19. The van der Waals surface area contributed by atoms with Crippen LogP contribution in [-0.2, 0) is 26.0 Å². The molecule has 38 heavy (non-hydrogen) atoms. The fourth-order valence-electron chi connectivity index (χ4n) is 3.48. The van der Waals surface area contributed by atoms with Crippen LogP contribution in [0.5, 0.6) is 5.75 Å². The standard InChI is InChI=1S/C28H34N2O6S2/c1-19(2)25(26(31)36-28(3,4)5)30-38(33,34)24-14-10-21(11-15-24)20-8-12-22(13-9-20)35-27(32)29-17-16-23-7-6-18-37-23/h6-15,18-19,25,30H,16-17H2,1-5H3,(H,29,32). The van der Waals surface area contributed by atoms with Gasteiger partial charge in [-0.25, -0.2) is 13.2 Å². The van der Waals surface area contributed by atoms with Gasteiger partial charge in [-0.2, -0.15) is 4.72 Å². The highest BCUT2D eigenvalue weighted by Gasteiger charge is 2.32. The lowest BCUT2D eigenvalue weighted by Gasteiger charge is -2.26. The molecule has 2 N–H and O–H groups in total. The molecule has 8 nitrogen and oxygen atoms in total. The fourth-order valence-corrected chi connectivity index (χ4v) is 5.53. The summed E-state index contributed by atoms with van der Waals surface area (Å²) in [5.74, 6) is -0.526. The lowest BCUT2D eigenvalue weighted by Crippen LogP contribution is -2.47. The Hall–Kier alpha value is -3.21. The Kier molecular flexibility index (Phi) is 9.70. The summed E-state index contributed by atoms with van der Waals surface area (Å²) in [5, 5.41) is 4.72. The molecule has 1 atom stereocenters. The molecule has 0 fully saturated rings. The van der Waals surface area contributed by atoms with E-state index in [1.165, 1.54) is 17.0 Å². The Labute approximate surface area is 228 Å². The summed E-state index contributed by atoms with van der Waals surface area (Å²) in [4.78, 5) is 25.8. The first-order chi connectivity index (χ1) is 17.8. The molecule has 0 bridgehead atoms. The second-order valence-corrected chi connectivity index (χ2v) is 12.8. The Balaban J connectivity index is 1.60. The number of hydrogen-bond donors (Lipinski definition) is 2. The van der Waals surface area contributed by atoms with E-state index in [4.69, 9.17) is 9.47 Å².